The van der Waals surface area contributed by atoms with Crippen molar-refractivity contribution in [1.29, 1.82) is 5.26 Å². The van der Waals surface area contributed by atoms with E-state index in [4.69, 9.17) is 10.4 Å². The molecule has 1 aromatic heterocycles. The molecule has 0 radical (unpaired) electrons. The van der Waals surface area contributed by atoms with Crippen LogP contribution in [0.1, 0.15) is 12.1 Å². The number of nitrogens with zero attached hydrogens (tertiary/aromatic N) is 2. The van der Waals surface area contributed by atoms with Gasteiger partial charge in [0.1, 0.15) is 23.6 Å². The van der Waals surface area contributed by atoms with E-state index in [9.17, 15) is 4.79 Å². The highest BCUT2D eigenvalue weighted by Gasteiger charge is 2.15. The van der Waals surface area contributed by atoms with E-state index < -0.39 is 12.0 Å². The summed E-state index contributed by atoms with van der Waals surface area (Å²) in [5.74, 6) is -0.614. The maximum Gasteiger partial charge on any atom is 0.326 e. The number of nitrogens with one attached hydrogen (secondary N) is 1. The zero-order chi connectivity index (χ0) is 12.0. The van der Waals surface area contributed by atoms with Crippen molar-refractivity contribution < 1.29 is 9.90 Å². The third-order valence-electron chi connectivity index (χ3n) is 1.89. The summed E-state index contributed by atoms with van der Waals surface area (Å²) in [5.41, 5.74) is 0.243. The zero-order valence-corrected chi connectivity index (χ0v) is 8.55. The predicted molar refractivity (Wildman–Crippen MR) is 58.8 cm³/mol. The minimum absolute atomic E-state index is 0.243. The van der Waals surface area contributed by atoms with Crippen LogP contribution in [0.2, 0.25) is 0 Å². The molecular weight excluding hydrogens is 206 g/mol. The van der Waals surface area contributed by atoms with Gasteiger partial charge in [-0.2, -0.15) is 5.26 Å². The molecule has 0 aliphatic heterocycles. The maximum absolute atomic E-state index is 10.8. The van der Waals surface area contributed by atoms with Crippen molar-refractivity contribution in [3.05, 3.63) is 36.5 Å². The Morgan fingerprint density at radius 2 is 2.50 bits per heavy atom. The average Bonchev–Trinajstić information content (AvgIpc) is 2.28. The predicted octanol–water partition coefficient (Wildman–Crippen LogP) is 1.39. The second-order valence-corrected chi connectivity index (χ2v) is 3.08. The van der Waals surface area contributed by atoms with Gasteiger partial charge in [0.25, 0.3) is 0 Å². The van der Waals surface area contributed by atoms with Crippen molar-refractivity contribution in [2.45, 2.75) is 12.5 Å². The molecule has 5 nitrogen and oxygen atoms in total. The molecule has 0 fully saturated rings. The lowest BCUT2D eigenvalue weighted by Crippen LogP contribution is -2.29. The Kier molecular flexibility index (Phi) is 4.04. The van der Waals surface area contributed by atoms with E-state index in [-0.39, 0.29) is 12.1 Å². The molecule has 1 rings (SSSR count). The largest absolute Gasteiger partial charge is 0.480 e. The first-order chi connectivity index (χ1) is 7.67. The van der Waals surface area contributed by atoms with Crippen LogP contribution in [0.5, 0.6) is 0 Å². The highest BCUT2D eigenvalue weighted by atomic mass is 16.4. The monoisotopic (exact) mass is 217 g/mol. The van der Waals surface area contributed by atoms with Gasteiger partial charge in [-0.15, -0.1) is 6.58 Å². The van der Waals surface area contributed by atoms with E-state index in [1.54, 1.807) is 18.2 Å². The summed E-state index contributed by atoms with van der Waals surface area (Å²) in [6, 6.07) is 5.90. The van der Waals surface area contributed by atoms with Crippen molar-refractivity contribution in [3.63, 3.8) is 0 Å². The van der Waals surface area contributed by atoms with Gasteiger partial charge in [0.2, 0.25) is 0 Å². The molecule has 0 amide bonds. The molecular formula is C11H11N3O2. The van der Waals surface area contributed by atoms with Crippen LogP contribution in [0, 0.1) is 11.3 Å². The number of aliphatic carboxylic acids is 1. The normalized spacial score (nSPS) is 11.2. The molecule has 1 unspecified atom stereocenters. The summed E-state index contributed by atoms with van der Waals surface area (Å²) in [6.45, 7) is 3.48. The van der Waals surface area contributed by atoms with Gasteiger partial charge >= 0.3 is 5.97 Å². The molecule has 82 valence electrons. The molecule has 0 saturated carbocycles. The maximum atomic E-state index is 10.8. The van der Waals surface area contributed by atoms with Gasteiger partial charge in [-0.1, -0.05) is 12.1 Å². The van der Waals surface area contributed by atoms with Crippen molar-refractivity contribution >= 4 is 11.8 Å². The molecule has 0 aliphatic rings. The van der Waals surface area contributed by atoms with Crippen LogP contribution in [0.3, 0.4) is 0 Å². The number of rotatable bonds is 5. The first kappa shape index (κ1) is 11.7. The van der Waals surface area contributed by atoms with E-state index in [0.717, 1.165) is 0 Å². The van der Waals surface area contributed by atoms with Gasteiger partial charge in [0.05, 0.1) is 0 Å². The molecule has 1 heterocycles. The Bertz CT molecular complexity index is 437. The second-order valence-electron chi connectivity index (χ2n) is 3.08. The van der Waals surface area contributed by atoms with Crippen LogP contribution in [-0.2, 0) is 4.79 Å². The van der Waals surface area contributed by atoms with Crippen LogP contribution < -0.4 is 5.32 Å². The van der Waals surface area contributed by atoms with E-state index in [1.807, 2.05) is 6.07 Å². The fraction of sp³-hybridized carbons (Fsp3) is 0.182. The lowest BCUT2D eigenvalue weighted by atomic mass is 10.2. The van der Waals surface area contributed by atoms with Gasteiger partial charge < -0.3 is 10.4 Å². The summed E-state index contributed by atoms with van der Waals surface area (Å²) >= 11 is 0. The molecule has 5 heteroatoms. The number of carbonyl (C=O) groups is 1. The molecule has 0 aromatic carbocycles. The molecule has 0 saturated heterocycles. The Balaban J connectivity index is 2.81. The van der Waals surface area contributed by atoms with Crippen LogP contribution in [-0.4, -0.2) is 22.1 Å². The fourth-order valence-electron chi connectivity index (χ4n) is 1.14. The number of hydrogen-bond donors (Lipinski definition) is 2. The highest BCUT2D eigenvalue weighted by molar-refractivity contribution is 5.77. The van der Waals surface area contributed by atoms with Crippen LogP contribution in [0.25, 0.3) is 0 Å². The third kappa shape index (κ3) is 3.10. The minimum atomic E-state index is -0.982. The standard InChI is InChI=1S/C11H11N3O2/c1-2-4-9(11(15)16)14-10-6-3-5-8(7-12)13-10/h2-3,5-6,9H,1,4H2,(H,13,14)(H,15,16). The number of nitriles is 1. The van der Waals surface area contributed by atoms with Crippen LogP contribution in [0.15, 0.2) is 30.9 Å². The highest BCUT2D eigenvalue weighted by Crippen LogP contribution is 2.08. The summed E-state index contributed by atoms with van der Waals surface area (Å²) in [5, 5.41) is 20.2. The average molecular weight is 217 g/mol. The van der Waals surface area contributed by atoms with E-state index >= 15 is 0 Å². The second kappa shape index (κ2) is 5.51. The summed E-state index contributed by atoms with van der Waals surface area (Å²) in [6.07, 6.45) is 1.80. The Morgan fingerprint density at radius 3 is 3.06 bits per heavy atom. The van der Waals surface area contributed by atoms with Crippen LogP contribution >= 0.6 is 0 Å². The molecule has 16 heavy (non-hydrogen) atoms. The lowest BCUT2D eigenvalue weighted by molar-refractivity contribution is -0.137. The molecule has 2 N–H and O–H groups in total. The Hall–Kier alpha value is -2.35. The third-order valence-corrected chi connectivity index (χ3v) is 1.89. The number of anilines is 1. The van der Waals surface area contributed by atoms with E-state index in [0.29, 0.717) is 5.82 Å². The Morgan fingerprint density at radius 1 is 1.75 bits per heavy atom. The fourth-order valence-corrected chi connectivity index (χ4v) is 1.14. The molecule has 0 bridgehead atoms. The van der Waals surface area contributed by atoms with Crippen molar-refractivity contribution in [2.24, 2.45) is 0 Å². The van der Waals surface area contributed by atoms with E-state index in [2.05, 4.69) is 16.9 Å². The summed E-state index contributed by atoms with van der Waals surface area (Å²) < 4.78 is 0. The van der Waals surface area contributed by atoms with Gasteiger partial charge in [0.15, 0.2) is 0 Å². The molecule has 1 aromatic rings. The lowest BCUT2D eigenvalue weighted by Gasteiger charge is -2.12. The van der Waals surface area contributed by atoms with Crippen molar-refractivity contribution in [2.75, 3.05) is 5.32 Å². The SMILES string of the molecule is C=CCC(Nc1cccc(C#N)n1)C(=O)O. The summed E-state index contributed by atoms with van der Waals surface area (Å²) in [4.78, 5) is 14.8. The number of carboxylic acid groups (broad SMARTS) is 1. The van der Waals surface area contributed by atoms with Gasteiger partial charge in [-0.05, 0) is 18.6 Å². The zero-order valence-electron chi connectivity index (χ0n) is 8.55. The molecule has 1 atom stereocenters. The van der Waals surface area contributed by atoms with Crippen molar-refractivity contribution in [1.82, 2.24) is 4.98 Å². The topological polar surface area (TPSA) is 86.0 Å². The number of pyridine rings is 1. The van der Waals surface area contributed by atoms with E-state index in [1.165, 1.54) is 6.08 Å². The summed E-state index contributed by atoms with van der Waals surface area (Å²) in [7, 11) is 0. The van der Waals surface area contributed by atoms with Gasteiger partial charge in [-0.3, -0.25) is 0 Å². The molecule has 0 spiro atoms. The quantitative estimate of drug-likeness (QED) is 0.728. The van der Waals surface area contributed by atoms with Crippen LogP contribution in [0.4, 0.5) is 5.82 Å². The van der Waals surface area contributed by atoms with Crippen molar-refractivity contribution in [3.8, 4) is 6.07 Å². The first-order valence-electron chi connectivity index (χ1n) is 4.64. The Labute approximate surface area is 93.0 Å². The number of hydrogen-bond acceptors (Lipinski definition) is 4. The minimum Gasteiger partial charge on any atom is -0.480 e. The first-order valence-corrected chi connectivity index (χ1v) is 4.64. The number of carboxylic acids is 1. The smallest absolute Gasteiger partial charge is 0.326 e. The number of aromatic nitrogens is 1. The molecule has 0 aliphatic carbocycles. The van der Waals surface area contributed by atoms with Gasteiger partial charge in [-0.25, -0.2) is 9.78 Å². The van der Waals surface area contributed by atoms with Gasteiger partial charge in [0, 0.05) is 0 Å².